The minimum absolute atomic E-state index is 0.337. The van der Waals surface area contributed by atoms with Crippen molar-refractivity contribution in [1.29, 1.82) is 0 Å². The van der Waals surface area contributed by atoms with Gasteiger partial charge in [0, 0.05) is 50.0 Å². The van der Waals surface area contributed by atoms with Gasteiger partial charge in [0.2, 0.25) is 0 Å². The van der Waals surface area contributed by atoms with Gasteiger partial charge in [-0.2, -0.15) is 0 Å². The molecule has 0 bridgehead atoms. The number of imide groups is 1. The minimum Gasteiger partial charge on any atom is -0.370 e. The van der Waals surface area contributed by atoms with Crippen LogP contribution in [0.25, 0.3) is 27.7 Å². The Bertz CT molecular complexity index is 1540. The number of hydrogen-bond donors (Lipinski definition) is 2. The first-order chi connectivity index (χ1) is 16.1. The first kappa shape index (κ1) is 19.3. The molecule has 0 aliphatic carbocycles. The molecule has 3 aromatic heterocycles. The molecule has 6 rings (SSSR count). The maximum Gasteiger partial charge on any atom is 0.261 e. The third kappa shape index (κ3) is 2.78. The Balaban J connectivity index is 1.59. The number of rotatable bonds is 2. The number of nitrogens with two attached hydrogens (primary N) is 1. The molecule has 1 aromatic carbocycles. The van der Waals surface area contributed by atoms with Crippen molar-refractivity contribution in [2.45, 2.75) is 13.1 Å². The second-order valence-corrected chi connectivity index (χ2v) is 8.16. The number of pyridine rings is 1. The summed E-state index contributed by atoms with van der Waals surface area (Å²) in [6, 6.07) is 11.6. The van der Waals surface area contributed by atoms with E-state index in [4.69, 9.17) is 5.73 Å². The first-order valence-electron chi connectivity index (χ1n) is 10.7. The van der Waals surface area contributed by atoms with Crippen LogP contribution in [0.15, 0.2) is 60.0 Å². The zero-order valence-electron chi connectivity index (χ0n) is 17.9. The summed E-state index contributed by atoms with van der Waals surface area (Å²) in [4.78, 5) is 36.6. The van der Waals surface area contributed by atoms with E-state index >= 15 is 0 Å². The smallest absolute Gasteiger partial charge is 0.261 e. The largest absolute Gasteiger partial charge is 0.370 e. The molecule has 0 atom stereocenters. The average molecular weight is 439 g/mol. The van der Waals surface area contributed by atoms with E-state index in [0.29, 0.717) is 48.1 Å². The Kier molecular flexibility index (Phi) is 4.13. The molecule has 33 heavy (non-hydrogen) atoms. The Morgan fingerprint density at radius 2 is 1.94 bits per heavy atom. The molecule has 2 amide bonds. The van der Waals surface area contributed by atoms with Crippen LogP contribution < -0.4 is 11.1 Å². The molecule has 0 unspecified atom stereocenters. The first-order valence-corrected chi connectivity index (χ1v) is 10.7. The van der Waals surface area contributed by atoms with Gasteiger partial charge in [-0.25, -0.2) is 4.98 Å². The van der Waals surface area contributed by atoms with E-state index in [2.05, 4.69) is 25.9 Å². The maximum absolute atomic E-state index is 13.0. The predicted molar refractivity (Wildman–Crippen MR) is 125 cm³/mol. The molecule has 0 saturated heterocycles. The summed E-state index contributed by atoms with van der Waals surface area (Å²) in [7, 11) is 1.68. The molecule has 5 heterocycles. The van der Waals surface area contributed by atoms with E-state index in [1.807, 2.05) is 52.0 Å². The van der Waals surface area contributed by atoms with Crippen molar-refractivity contribution >= 4 is 45.5 Å². The fraction of sp³-hybridized carbons (Fsp3) is 0.167. The summed E-state index contributed by atoms with van der Waals surface area (Å²) >= 11 is 0. The van der Waals surface area contributed by atoms with Crippen LogP contribution in [-0.2, 0) is 22.7 Å². The monoisotopic (exact) mass is 439 g/mol. The average Bonchev–Trinajstić information content (AvgIpc) is 3.44. The number of carbonyl (C=O) groups is 2. The van der Waals surface area contributed by atoms with Crippen molar-refractivity contribution in [2.24, 2.45) is 10.7 Å². The second kappa shape index (κ2) is 7.06. The van der Waals surface area contributed by atoms with Gasteiger partial charge in [-0.3, -0.25) is 24.3 Å². The van der Waals surface area contributed by atoms with Crippen molar-refractivity contribution in [3.05, 3.63) is 71.8 Å². The van der Waals surface area contributed by atoms with Crippen LogP contribution in [-0.4, -0.2) is 50.2 Å². The van der Waals surface area contributed by atoms with E-state index in [1.165, 1.54) is 0 Å². The number of nitrogens with one attached hydrogen (secondary N) is 1. The van der Waals surface area contributed by atoms with Crippen LogP contribution in [0.3, 0.4) is 0 Å². The molecule has 0 radical (unpaired) electrons. The number of aromatic nitrogens is 3. The van der Waals surface area contributed by atoms with Crippen molar-refractivity contribution in [1.82, 2.24) is 24.2 Å². The van der Waals surface area contributed by atoms with Crippen LogP contribution in [0.2, 0.25) is 0 Å². The van der Waals surface area contributed by atoms with Gasteiger partial charge in [-0.05, 0) is 17.7 Å². The van der Waals surface area contributed by atoms with Gasteiger partial charge in [-0.15, -0.1) is 0 Å². The maximum atomic E-state index is 13.0. The zero-order chi connectivity index (χ0) is 22.7. The second-order valence-electron chi connectivity index (χ2n) is 8.16. The molecule has 0 spiro atoms. The minimum atomic E-state index is -0.414. The van der Waals surface area contributed by atoms with Crippen LogP contribution in [0.1, 0.15) is 16.8 Å². The number of imidazole rings is 1. The van der Waals surface area contributed by atoms with Gasteiger partial charge >= 0.3 is 0 Å². The van der Waals surface area contributed by atoms with Crippen LogP contribution in [0, 0.1) is 0 Å². The summed E-state index contributed by atoms with van der Waals surface area (Å²) in [6.07, 6.45) is 5.45. The normalized spacial score (nSPS) is 16.8. The molecule has 2 aliphatic rings. The Morgan fingerprint density at radius 1 is 1.09 bits per heavy atom. The van der Waals surface area contributed by atoms with E-state index in [1.54, 1.807) is 13.2 Å². The lowest BCUT2D eigenvalue weighted by molar-refractivity contribution is -0.122. The molecular formula is C24H21N7O2. The van der Waals surface area contributed by atoms with Crippen LogP contribution >= 0.6 is 0 Å². The van der Waals surface area contributed by atoms with Crippen molar-refractivity contribution in [3.8, 4) is 0 Å². The van der Waals surface area contributed by atoms with Gasteiger partial charge in [0.05, 0.1) is 28.6 Å². The van der Waals surface area contributed by atoms with Gasteiger partial charge in [-0.1, -0.05) is 24.3 Å². The van der Waals surface area contributed by atoms with E-state index in [0.717, 1.165) is 22.0 Å². The summed E-state index contributed by atoms with van der Waals surface area (Å²) in [5, 5.41) is 3.41. The third-order valence-electron chi connectivity index (χ3n) is 6.38. The molecular weight excluding hydrogens is 418 g/mol. The fourth-order valence-corrected chi connectivity index (χ4v) is 4.87. The number of hydrogen-bond acceptors (Lipinski definition) is 4. The molecule has 3 N–H and O–H groups in total. The van der Waals surface area contributed by atoms with Crippen molar-refractivity contribution in [3.63, 3.8) is 0 Å². The molecule has 0 fully saturated rings. The molecule has 9 nitrogen and oxygen atoms in total. The lowest BCUT2D eigenvalue weighted by Crippen LogP contribution is -2.37. The number of guanidine groups is 1. The van der Waals surface area contributed by atoms with E-state index in [-0.39, 0.29) is 0 Å². The number of benzene rings is 1. The molecule has 2 aliphatic heterocycles. The summed E-state index contributed by atoms with van der Waals surface area (Å²) in [5.74, 6) is -0.314. The van der Waals surface area contributed by atoms with Gasteiger partial charge in [0.25, 0.3) is 11.8 Å². The van der Waals surface area contributed by atoms with E-state index in [9.17, 15) is 9.59 Å². The lowest BCUT2D eigenvalue weighted by atomic mass is 9.98. The zero-order valence-corrected chi connectivity index (χ0v) is 17.9. The molecule has 4 aromatic rings. The SMILES string of the molecule is CN=C(N)N1CCn2cc(C3=C(c4cnc5ccccn45)C(=O)NC3=O)c3cccc(c32)C1. The topological polar surface area (TPSA) is 110 Å². The van der Waals surface area contributed by atoms with Gasteiger partial charge < -0.3 is 15.2 Å². The summed E-state index contributed by atoms with van der Waals surface area (Å²) < 4.78 is 3.96. The highest BCUT2D eigenvalue weighted by Gasteiger charge is 2.36. The Morgan fingerprint density at radius 3 is 2.79 bits per heavy atom. The third-order valence-corrected chi connectivity index (χ3v) is 6.38. The Labute approximate surface area is 188 Å². The molecule has 164 valence electrons. The number of nitrogens with zero attached hydrogens (tertiary/aromatic N) is 5. The highest BCUT2D eigenvalue weighted by atomic mass is 16.2. The number of aliphatic imine (C=N–C) groups is 1. The highest BCUT2D eigenvalue weighted by molar-refractivity contribution is 6.49. The number of carbonyl (C=O) groups excluding carboxylic acids is 2. The fourth-order valence-electron chi connectivity index (χ4n) is 4.87. The Hall–Kier alpha value is -4.40. The molecule has 0 saturated carbocycles. The summed E-state index contributed by atoms with van der Waals surface area (Å²) in [5.41, 5.74) is 11.0. The standard InChI is InChI=1S/C24H21N7O2/c1-26-24(25)30-10-9-29-13-16(15-6-4-5-14(12-30)21(15)29)19-20(23(33)28-22(19)32)17-11-27-18-7-2-3-8-31(17)18/h2-8,11,13H,9-10,12H2,1H3,(H2,25,26)(H,28,32,33). The number of fused-ring (bicyclic) bond motifs is 1. The van der Waals surface area contributed by atoms with E-state index < -0.39 is 11.8 Å². The predicted octanol–water partition coefficient (Wildman–Crippen LogP) is 1.62. The van der Waals surface area contributed by atoms with Crippen LogP contribution in [0.4, 0.5) is 0 Å². The summed E-state index contributed by atoms with van der Waals surface area (Å²) in [6.45, 7) is 1.98. The number of para-hydroxylation sites is 1. The van der Waals surface area contributed by atoms with Crippen molar-refractivity contribution < 1.29 is 9.59 Å². The van der Waals surface area contributed by atoms with Crippen molar-refractivity contribution in [2.75, 3.05) is 13.6 Å². The highest BCUT2D eigenvalue weighted by Crippen LogP contribution is 2.38. The van der Waals surface area contributed by atoms with Gasteiger partial charge in [0.1, 0.15) is 5.65 Å². The number of amides is 2. The van der Waals surface area contributed by atoms with Crippen LogP contribution in [0.5, 0.6) is 0 Å². The lowest BCUT2D eigenvalue weighted by Gasteiger charge is -2.21. The molecule has 9 heteroatoms. The quantitative estimate of drug-likeness (QED) is 0.280. The van der Waals surface area contributed by atoms with Gasteiger partial charge in [0.15, 0.2) is 5.96 Å².